The van der Waals surface area contributed by atoms with Gasteiger partial charge in [0.05, 0.1) is 13.2 Å². The van der Waals surface area contributed by atoms with E-state index in [2.05, 4.69) is 15.0 Å². The summed E-state index contributed by atoms with van der Waals surface area (Å²) in [4.78, 5) is 14.1. The van der Waals surface area contributed by atoms with Crippen molar-refractivity contribution in [3.05, 3.63) is 24.3 Å². The number of piperidine rings is 1. The quantitative estimate of drug-likeness (QED) is 0.861. The summed E-state index contributed by atoms with van der Waals surface area (Å²) in [7, 11) is 1.66. The predicted molar refractivity (Wildman–Crippen MR) is 82.8 cm³/mol. The molecule has 1 N–H and O–H groups in total. The standard InChI is InChI=1S/C16H21F3N2O3/c1-23-11-12-3-2-8-21(9-12)10-15(22)20-13-4-6-14(7-5-13)24-16(17,18)19/h4-7,12H,2-3,8-11H2,1H3,(H,20,22)/t12-/m0/s1. The zero-order valence-corrected chi connectivity index (χ0v) is 13.4. The summed E-state index contributed by atoms with van der Waals surface area (Å²) in [6.45, 7) is 2.59. The van der Waals surface area contributed by atoms with E-state index in [0.29, 0.717) is 18.2 Å². The number of ether oxygens (including phenoxy) is 2. The number of amides is 1. The van der Waals surface area contributed by atoms with Crippen molar-refractivity contribution in [3.8, 4) is 5.75 Å². The lowest BCUT2D eigenvalue weighted by Crippen LogP contribution is -2.41. The fourth-order valence-electron chi connectivity index (χ4n) is 2.81. The van der Waals surface area contributed by atoms with Crippen LogP contribution in [0, 0.1) is 5.92 Å². The van der Waals surface area contributed by atoms with Gasteiger partial charge in [-0.15, -0.1) is 13.2 Å². The molecule has 1 heterocycles. The van der Waals surface area contributed by atoms with Crippen molar-refractivity contribution in [2.24, 2.45) is 5.92 Å². The van der Waals surface area contributed by atoms with Crippen molar-refractivity contribution in [1.29, 1.82) is 0 Å². The van der Waals surface area contributed by atoms with Gasteiger partial charge in [0.1, 0.15) is 5.75 Å². The second-order valence-corrected chi connectivity index (χ2v) is 5.82. The molecule has 0 saturated carbocycles. The number of rotatable bonds is 6. The molecule has 1 fully saturated rings. The number of hydrogen-bond donors (Lipinski definition) is 1. The summed E-state index contributed by atoms with van der Waals surface area (Å²) in [6.07, 6.45) is -2.62. The summed E-state index contributed by atoms with van der Waals surface area (Å²) in [6, 6.07) is 5.09. The number of anilines is 1. The Morgan fingerprint density at radius 1 is 1.33 bits per heavy atom. The average Bonchev–Trinajstić information content (AvgIpc) is 2.48. The van der Waals surface area contributed by atoms with Gasteiger partial charge in [-0.1, -0.05) is 0 Å². The Balaban J connectivity index is 1.81. The molecule has 24 heavy (non-hydrogen) atoms. The van der Waals surface area contributed by atoms with Crippen LogP contribution in [0.15, 0.2) is 24.3 Å². The minimum atomic E-state index is -4.72. The van der Waals surface area contributed by atoms with Gasteiger partial charge in [0.15, 0.2) is 0 Å². The summed E-state index contributed by atoms with van der Waals surface area (Å²) >= 11 is 0. The highest BCUT2D eigenvalue weighted by Crippen LogP contribution is 2.24. The first kappa shape index (κ1) is 18.5. The van der Waals surface area contributed by atoms with Gasteiger partial charge in [-0.2, -0.15) is 0 Å². The third-order valence-electron chi connectivity index (χ3n) is 3.74. The molecule has 8 heteroatoms. The van der Waals surface area contributed by atoms with E-state index in [-0.39, 0.29) is 18.2 Å². The fraction of sp³-hybridized carbons (Fsp3) is 0.562. The average molecular weight is 346 g/mol. The highest BCUT2D eigenvalue weighted by atomic mass is 19.4. The van der Waals surface area contributed by atoms with Crippen LogP contribution in [0.5, 0.6) is 5.75 Å². The Morgan fingerprint density at radius 3 is 2.67 bits per heavy atom. The molecule has 0 aromatic heterocycles. The molecule has 1 aliphatic rings. The maximum atomic E-state index is 12.1. The van der Waals surface area contributed by atoms with E-state index in [1.807, 2.05) is 0 Å². The molecular formula is C16H21F3N2O3. The molecule has 2 rings (SSSR count). The molecular weight excluding hydrogens is 325 g/mol. The predicted octanol–water partition coefficient (Wildman–Crippen LogP) is 2.88. The SMILES string of the molecule is COC[C@H]1CCCN(CC(=O)Nc2ccc(OC(F)(F)F)cc2)C1. The first-order valence-corrected chi connectivity index (χ1v) is 7.72. The van der Waals surface area contributed by atoms with E-state index in [0.717, 1.165) is 25.9 Å². The van der Waals surface area contributed by atoms with Gasteiger partial charge in [-0.25, -0.2) is 0 Å². The second kappa shape index (κ2) is 8.34. The summed E-state index contributed by atoms with van der Waals surface area (Å²) < 4.78 is 45.2. The Morgan fingerprint density at radius 2 is 2.04 bits per heavy atom. The molecule has 0 radical (unpaired) electrons. The van der Waals surface area contributed by atoms with Crippen LogP contribution in [0.3, 0.4) is 0 Å². The van der Waals surface area contributed by atoms with Gasteiger partial charge < -0.3 is 14.8 Å². The summed E-state index contributed by atoms with van der Waals surface area (Å²) in [5.74, 6) is -0.0909. The van der Waals surface area contributed by atoms with Crippen LogP contribution in [0.2, 0.25) is 0 Å². The zero-order valence-electron chi connectivity index (χ0n) is 13.4. The van der Waals surface area contributed by atoms with E-state index >= 15 is 0 Å². The van der Waals surface area contributed by atoms with E-state index in [1.54, 1.807) is 7.11 Å². The number of nitrogens with one attached hydrogen (secondary N) is 1. The number of benzene rings is 1. The van der Waals surface area contributed by atoms with Crippen molar-refractivity contribution in [1.82, 2.24) is 4.90 Å². The van der Waals surface area contributed by atoms with Crippen LogP contribution >= 0.6 is 0 Å². The van der Waals surface area contributed by atoms with Crippen molar-refractivity contribution in [2.75, 3.05) is 38.7 Å². The first-order chi connectivity index (χ1) is 11.4. The molecule has 0 spiro atoms. The minimum absolute atomic E-state index is 0.197. The third kappa shape index (κ3) is 6.37. The van der Waals surface area contributed by atoms with Crippen LogP contribution in [0.25, 0.3) is 0 Å². The number of nitrogens with zero attached hydrogens (tertiary/aromatic N) is 1. The molecule has 0 bridgehead atoms. The van der Waals surface area contributed by atoms with Crippen LogP contribution in [0.1, 0.15) is 12.8 Å². The number of likely N-dealkylation sites (tertiary alicyclic amines) is 1. The number of carbonyl (C=O) groups is 1. The van der Waals surface area contributed by atoms with Gasteiger partial charge >= 0.3 is 6.36 Å². The normalized spacial score (nSPS) is 19.1. The lowest BCUT2D eigenvalue weighted by Gasteiger charge is -2.31. The Kier molecular flexibility index (Phi) is 6.44. The smallest absolute Gasteiger partial charge is 0.406 e. The molecule has 134 valence electrons. The highest BCUT2D eigenvalue weighted by molar-refractivity contribution is 5.92. The maximum Gasteiger partial charge on any atom is 0.573 e. The summed E-state index contributed by atoms with van der Waals surface area (Å²) in [5.41, 5.74) is 0.431. The van der Waals surface area contributed by atoms with Gasteiger partial charge in [0.25, 0.3) is 0 Å². The van der Waals surface area contributed by atoms with Crippen molar-refractivity contribution >= 4 is 11.6 Å². The molecule has 1 aromatic carbocycles. The monoisotopic (exact) mass is 346 g/mol. The Labute approximate surface area is 138 Å². The van der Waals surface area contributed by atoms with Crippen molar-refractivity contribution < 1.29 is 27.4 Å². The number of carbonyl (C=O) groups excluding carboxylic acids is 1. The molecule has 1 aliphatic heterocycles. The van der Waals surface area contributed by atoms with E-state index in [9.17, 15) is 18.0 Å². The Hall–Kier alpha value is -1.80. The molecule has 1 amide bonds. The highest BCUT2D eigenvalue weighted by Gasteiger charge is 2.31. The van der Waals surface area contributed by atoms with Gasteiger partial charge in [-0.05, 0) is 49.6 Å². The zero-order chi connectivity index (χ0) is 17.6. The molecule has 5 nitrogen and oxygen atoms in total. The third-order valence-corrected chi connectivity index (χ3v) is 3.74. The van der Waals surface area contributed by atoms with Gasteiger partial charge in [-0.3, -0.25) is 9.69 Å². The topological polar surface area (TPSA) is 50.8 Å². The van der Waals surface area contributed by atoms with Crippen LogP contribution in [-0.2, 0) is 9.53 Å². The molecule has 0 unspecified atom stereocenters. The van der Waals surface area contributed by atoms with Crippen LogP contribution in [0.4, 0.5) is 18.9 Å². The maximum absolute atomic E-state index is 12.1. The van der Waals surface area contributed by atoms with Crippen molar-refractivity contribution in [2.45, 2.75) is 19.2 Å². The van der Waals surface area contributed by atoms with E-state index in [1.165, 1.54) is 24.3 Å². The number of alkyl halides is 3. The minimum Gasteiger partial charge on any atom is -0.406 e. The first-order valence-electron chi connectivity index (χ1n) is 7.72. The summed E-state index contributed by atoms with van der Waals surface area (Å²) in [5, 5.41) is 2.68. The largest absolute Gasteiger partial charge is 0.573 e. The fourth-order valence-corrected chi connectivity index (χ4v) is 2.81. The number of methoxy groups -OCH3 is 1. The number of hydrogen-bond acceptors (Lipinski definition) is 4. The molecule has 1 atom stereocenters. The lowest BCUT2D eigenvalue weighted by atomic mass is 9.99. The number of halogens is 3. The van der Waals surface area contributed by atoms with Gasteiger partial charge in [0, 0.05) is 19.3 Å². The molecule has 0 aliphatic carbocycles. The Bertz CT molecular complexity index is 532. The van der Waals surface area contributed by atoms with E-state index in [4.69, 9.17) is 4.74 Å². The second-order valence-electron chi connectivity index (χ2n) is 5.82. The van der Waals surface area contributed by atoms with Crippen LogP contribution in [-0.4, -0.2) is 50.5 Å². The van der Waals surface area contributed by atoms with Gasteiger partial charge in [0.2, 0.25) is 5.91 Å². The van der Waals surface area contributed by atoms with Crippen LogP contribution < -0.4 is 10.1 Å². The molecule has 1 saturated heterocycles. The lowest BCUT2D eigenvalue weighted by molar-refractivity contribution is -0.274. The van der Waals surface area contributed by atoms with Crippen molar-refractivity contribution in [3.63, 3.8) is 0 Å². The molecule has 1 aromatic rings. The van der Waals surface area contributed by atoms with E-state index < -0.39 is 6.36 Å².